The summed E-state index contributed by atoms with van der Waals surface area (Å²) in [6.45, 7) is 2.97. The predicted octanol–water partition coefficient (Wildman–Crippen LogP) is 1.68. The molecular formula is C13H18N4O. The first kappa shape index (κ1) is 11.5. The Hall–Kier alpha value is -1.62. The summed E-state index contributed by atoms with van der Waals surface area (Å²) in [6.07, 6.45) is 7.08. The SMILES string of the molecule is Cc1c(-c2cnc(CCNC3CC3)o2)cnn1C. The zero-order chi connectivity index (χ0) is 12.5. The highest BCUT2D eigenvalue weighted by Gasteiger charge is 2.20. The van der Waals surface area contributed by atoms with Crippen molar-refractivity contribution in [3.05, 3.63) is 24.0 Å². The van der Waals surface area contributed by atoms with Crippen LogP contribution in [-0.2, 0) is 13.5 Å². The molecule has 0 amide bonds. The molecule has 1 saturated carbocycles. The molecule has 0 atom stereocenters. The van der Waals surface area contributed by atoms with Crippen LogP contribution in [-0.4, -0.2) is 27.4 Å². The van der Waals surface area contributed by atoms with Gasteiger partial charge in [0, 0.05) is 31.7 Å². The standard InChI is InChI=1S/C13H18N4O/c1-9-11(7-16-17(9)2)12-8-15-13(18-12)5-6-14-10-3-4-10/h7-8,10,14H,3-6H2,1-2H3. The van der Waals surface area contributed by atoms with Crippen LogP contribution in [0.3, 0.4) is 0 Å². The number of oxazole rings is 1. The smallest absolute Gasteiger partial charge is 0.196 e. The minimum atomic E-state index is 0.736. The molecule has 0 unspecified atom stereocenters. The second kappa shape index (κ2) is 4.57. The van der Waals surface area contributed by atoms with E-state index in [2.05, 4.69) is 15.4 Å². The Kier molecular flexibility index (Phi) is 2.91. The molecule has 96 valence electrons. The van der Waals surface area contributed by atoms with Crippen molar-refractivity contribution in [2.75, 3.05) is 6.54 Å². The number of rotatable bonds is 5. The van der Waals surface area contributed by atoms with Crippen molar-refractivity contribution in [2.24, 2.45) is 7.05 Å². The van der Waals surface area contributed by atoms with E-state index in [1.54, 1.807) is 6.20 Å². The molecular weight excluding hydrogens is 228 g/mol. The molecule has 1 aliphatic rings. The second-order valence-corrected chi connectivity index (χ2v) is 4.86. The zero-order valence-corrected chi connectivity index (χ0v) is 10.8. The molecule has 0 bridgehead atoms. The molecule has 1 fully saturated rings. The zero-order valence-electron chi connectivity index (χ0n) is 10.8. The van der Waals surface area contributed by atoms with Crippen LogP contribution >= 0.6 is 0 Å². The molecule has 2 heterocycles. The lowest BCUT2D eigenvalue weighted by atomic mass is 10.2. The van der Waals surface area contributed by atoms with Gasteiger partial charge in [0.25, 0.3) is 0 Å². The summed E-state index contributed by atoms with van der Waals surface area (Å²) in [7, 11) is 1.93. The number of hydrogen-bond acceptors (Lipinski definition) is 4. The van der Waals surface area contributed by atoms with E-state index in [4.69, 9.17) is 4.42 Å². The first-order chi connectivity index (χ1) is 8.74. The largest absolute Gasteiger partial charge is 0.441 e. The summed E-state index contributed by atoms with van der Waals surface area (Å²) in [5, 5.41) is 7.67. The molecule has 0 aliphatic heterocycles. The van der Waals surface area contributed by atoms with Gasteiger partial charge in [0.05, 0.1) is 18.0 Å². The minimum Gasteiger partial charge on any atom is -0.441 e. The number of nitrogens with zero attached hydrogens (tertiary/aromatic N) is 3. The van der Waals surface area contributed by atoms with Gasteiger partial charge in [0.15, 0.2) is 11.7 Å². The van der Waals surface area contributed by atoms with Crippen LogP contribution in [0.15, 0.2) is 16.8 Å². The van der Waals surface area contributed by atoms with Gasteiger partial charge in [0.1, 0.15) is 0 Å². The summed E-state index contributed by atoms with van der Waals surface area (Å²) in [5.41, 5.74) is 2.11. The van der Waals surface area contributed by atoms with Crippen LogP contribution in [0.4, 0.5) is 0 Å². The van der Waals surface area contributed by atoms with Gasteiger partial charge in [0.2, 0.25) is 0 Å². The fraction of sp³-hybridized carbons (Fsp3) is 0.538. The highest BCUT2D eigenvalue weighted by molar-refractivity contribution is 5.58. The van der Waals surface area contributed by atoms with Gasteiger partial charge >= 0.3 is 0 Å². The lowest BCUT2D eigenvalue weighted by Crippen LogP contribution is -2.19. The van der Waals surface area contributed by atoms with E-state index in [0.717, 1.165) is 41.9 Å². The molecule has 5 heteroatoms. The molecule has 0 saturated heterocycles. The monoisotopic (exact) mass is 246 g/mol. The normalized spacial score (nSPS) is 15.2. The molecule has 5 nitrogen and oxygen atoms in total. The number of aromatic nitrogens is 3. The van der Waals surface area contributed by atoms with E-state index >= 15 is 0 Å². The molecule has 2 aromatic heterocycles. The van der Waals surface area contributed by atoms with Gasteiger partial charge in [-0.1, -0.05) is 0 Å². The molecule has 2 aromatic rings. The highest BCUT2D eigenvalue weighted by Crippen LogP contribution is 2.23. The van der Waals surface area contributed by atoms with E-state index in [1.165, 1.54) is 12.8 Å². The summed E-state index contributed by atoms with van der Waals surface area (Å²) in [5.74, 6) is 1.60. The van der Waals surface area contributed by atoms with Crippen molar-refractivity contribution >= 4 is 0 Å². The third kappa shape index (κ3) is 2.31. The van der Waals surface area contributed by atoms with Crippen LogP contribution < -0.4 is 5.32 Å². The highest BCUT2D eigenvalue weighted by atomic mass is 16.4. The van der Waals surface area contributed by atoms with E-state index in [9.17, 15) is 0 Å². The third-order valence-corrected chi connectivity index (χ3v) is 3.40. The topological polar surface area (TPSA) is 55.9 Å². The van der Waals surface area contributed by atoms with Gasteiger partial charge in [-0.15, -0.1) is 0 Å². The summed E-state index contributed by atoms with van der Waals surface area (Å²) >= 11 is 0. The average molecular weight is 246 g/mol. The molecule has 3 rings (SSSR count). The third-order valence-electron chi connectivity index (χ3n) is 3.40. The average Bonchev–Trinajstić information content (AvgIpc) is 2.97. The maximum atomic E-state index is 5.76. The van der Waals surface area contributed by atoms with Crippen molar-refractivity contribution in [3.8, 4) is 11.3 Å². The summed E-state index contributed by atoms with van der Waals surface area (Å²) in [4.78, 5) is 4.32. The fourth-order valence-electron chi connectivity index (χ4n) is 1.96. The lowest BCUT2D eigenvalue weighted by molar-refractivity contribution is 0.494. The van der Waals surface area contributed by atoms with Crippen LogP contribution in [0.25, 0.3) is 11.3 Å². The molecule has 1 aliphatic carbocycles. The van der Waals surface area contributed by atoms with Crippen molar-refractivity contribution in [3.63, 3.8) is 0 Å². The predicted molar refractivity (Wildman–Crippen MR) is 68.2 cm³/mol. The van der Waals surface area contributed by atoms with E-state index in [0.29, 0.717) is 0 Å². The Morgan fingerprint density at radius 3 is 2.94 bits per heavy atom. The summed E-state index contributed by atoms with van der Waals surface area (Å²) in [6, 6.07) is 0.736. The van der Waals surface area contributed by atoms with Gasteiger partial charge in [-0.3, -0.25) is 4.68 Å². The Bertz CT molecular complexity index is 539. The maximum absolute atomic E-state index is 5.76. The molecule has 1 N–H and O–H groups in total. The van der Waals surface area contributed by atoms with E-state index in [-0.39, 0.29) is 0 Å². The van der Waals surface area contributed by atoms with E-state index in [1.807, 2.05) is 24.9 Å². The van der Waals surface area contributed by atoms with Crippen molar-refractivity contribution < 1.29 is 4.42 Å². The van der Waals surface area contributed by atoms with Gasteiger partial charge in [-0.05, 0) is 19.8 Å². The van der Waals surface area contributed by atoms with Crippen LogP contribution in [0.5, 0.6) is 0 Å². The summed E-state index contributed by atoms with van der Waals surface area (Å²) < 4.78 is 7.60. The molecule has 18 heavy (non-hydrogen) atoms. The second-order valence-electron chi connectivity index (χ2n) is 4.86. The Morgan fingerprint density at radius 1 is 1.44 bits per heavy atom. The minimum absolute atomic E-state index is 0.736. The Morgan fingerprint density at radius 2 is 2.28 bits per heavy atom. The van der Waals surface area contributed by atoms with Crippen LogP contribution in [0.2, 0.25) is 0 Å². The first-order valence-corrected chi connectivity index (χ1v) is 6.41. The molecule has 0 spiro atoms. The fourth-order valence-corrected chi connectivity index (χ4v) is 1.96. The van der Waals surface area contributed by atoms with Crippen LogP contribution in [0.1, 0.15) is 24.4 Å². The van der Waals surface area contributed by atoms with Gasteiger partial charge in [-0.25, -0.2) is 4.98 Å². The van der Waals surface area contributed by atoms with E-state index < -0.39 is 0 Å². The number of nitrogens with one attached hydrogen (secondary N) is 1. The maximum Gasteiger partial charge on any atom is 0.196 e. The van der Waals surface area contributed by atoms with Crippen molar-refractivity contribution in [2.45, 2.75) is 32.2 Å². The van der Waals surface area contributed by atoms with Gasteiger partial charge in [-0.2, -0.15) is 5.10 Å². The van der Waals surface area contributed by atoms with Crippen molar-refractivity contribution in [1.29, 1.82) is 0 Å². The van der Waals surface area contributed by atoms with Crippen molar-refractivity contribution in [1.82, 2.24) is 20.1 Å². The van der Waals surface area contributed by atoms with Crippen LogP contribution in [0, 0.1) is 6.92 Å². The number of hydrogen-bond donors (Lipinski definition) is 1. The number of aryl methyl sites for hydroxylation is 1. The lowest BCUT2D eigenvalue weighted by Gasteiger charge is -1.99. The molecule has 0 aromatic carbocycles. The Labute approximate surface area is 106 Å². The Balaban J connectivity index is 1.66. The first-order valence-electron chi connectivity index (χ1n) is 6.41. The van der Waals surface area contributed by atoms with Gasteiger partial charge < -0.3 is 9.73 Å². The quantitative estimate of drug-likeness (QED) is 0.872. The molecule has 0 radical (unpaired) electrons.